The maximum Gasteiger partial charge on any atom is 0.115 e. The molecule has 0 aliphatic carbocycles. The Hall–Kier alpha value is -1.40. The van der Waals surface area contributed by atoms with Gasteiger partial charge in [0.05, 0.1) is 0 Å². The number of rotatable bonds is 4. The molecule has 0 aromatic carbocycles. The van der Waals surface area contributed by atoms with Crippen LogP contribution < -0.4 is 5.32 Å². The zero-order valence-corrected chi connectivity index (χ0v) is 8.62. The number of hydrogen-bond acceptors (Lipinski definition) is 3. The Kier molecular flexibility index (Phi) is 4.66. The summed E-state index contributed by atoms with van der Waals surface area (Å²) in [4.78, 5) is 7.99. The molecule has 0 bridgehead atoms. The minimum Gasteiger partial charge on any atom is -0.309 e. The monoisotopic (exact) mass is 189 g/mol. The minimum atomic E-state index is 0.244. The highest BCUT2D eigenvalue weighted by Gasteiger charge is 2.08. The second-order valence-corrected chi connectivity index (χ2v) is 2.91. The van der Waals surface area contributed by atoms with Crippen molar-refractivity contribution in [3.05, 3.63) is 24.3 Å². The number of aromatic nitrogens is 2. The molecule has 1 unspecified atom stereocenters. The summed E-state index contributed by atoms with van der Waals surface area (Å²) in [6, 6.07) is 0.244. The summed E-state index contributed by atoms with van der Waals surface area (Å²) in [5.74, 6) is 5.96. The van der Waals surface area contributed by atoms with Crippen molar-refractivity contribution >= 4 is 0 Å². The quantitative estimate of drug-likeness (QED) is 0.730. The molecule has 0 saturated heterocycles. The normalized spacial score (nSPS) is 11.6. The fraction of sp³-hybridized carbons (Fsp3) is 0.455. The van der Waals surface area contributed by atoms with Crippen LogP contribution in [-0.2, 0) is 0 Å². The molecule has 0 fully saturated rings. The van der Waals surface area contributed by atoms with E-state index in [4.69, 9.17) is 0 Å². The van der Waals surface area contributed by atoms with Crippen molar-refractivity contribution in [1.29, 1.82) is 0 Å². The predicted octanol–water partition coefficient (Wildman–Crippen LogP) is 1.54. The van der Waals surface area contributed by atoms with Crippen molar-refractivity contribution in [2.45, 2.75) is 26.3 Å². The lowest BCUT2D eigenvalue weighted by atomic mass is 10.1. The number of nitrogens with zero attached hydrogens (tertiary/aromatic N) is 2. The molecule has 74 valence electrons. The zero-order chi connectivity index (χ0) is 10.2. The van der Waals surface area contributed by atoms with E-state index >= 15 is 0 Å². The van der Waals surface area contributed by atoms with Gasteiger partial charge < -0.3 is 5.32 Å². The molecule has 1 N–H and O–H groups in total. The van der Waals surface area contributed by atoms with E-state index < -0.39 is 0 Å². The lowest BCUT2D eigenvalue weighted by Crippen LogP contribution is -2.20. The van der Waals surface area contributed by atoms with E-state index in [-0.39, 0.29) is 6.04 Å². The van der Waals surface area contributed by atoms with E-state index in [9.17, 15) is 0 Å². The van der Waals surface area contributed by atoms with Crippen LogP contribution in [-0.4, -0.2) is 16.5 Å². The lowest BCUT2D eigenvalue weighted by molar-refractivity contribution is 0.561. The molecule has 0 aliphatic rings. The Morgan fingerprint density at radius 2 is 2.14 bits per heavy atom. The summed E-state index contributed by atoms with van der Waals surface area (Å²) in [6.45, 7) is 4.85. The summed E-state index contributed by atoms with van der Waals surface area (Å²) in [5.41, 5.74) is 1.09. The second-order valence-electron chi connectivity index (χ2n) is 2.91. The van der Waals surface area contributed by atoms with Crippen LogP contribution >= 0.6 is 0 Å². The molecule has 0 amide bonds. The lowest BCUT2D eigenvalue weighted by Gasteiger charge is -2.14. The number of nitrogens with one attached hydrogen (secondary N) is 1. The zero-order valence-electron chi connectivity index (χ0n) is 8.62. The Bertz CT molecular complexity index is 310. The molecule has 1 aromatic heterocycles. The van der Waals surface area contributed by atoms with E-state index in [1.807, 2.05) is 19.3 Å². The van der Waals surface area contributed by atoms with Crippen LogP contribution in [0.5, 0.6) is 0 Å². The average Bonchev–Trinajstić information content (AvgIpc) is 2.25. The van der Waals surface area contributed by atoms with Crippen molar-refractivity contribution < 1.29 is 0 Å². The van der Waals surface area contributed by atoms with E-state index in [1.165, 1.54) is 6.33 Å². The predicted molar refractivity (Wildman–Crippen MR) is 56.5 cm³/mol. The first-order valence-corrected chi connectivity index (χ1v) is 4.76. The van der Waals surface area contributed by atoms with Crippen LogP contribution in [0.3, 0.4) is 0 Å². The molecule has 1 rings (SSSR count). The molecule has 3 nitrogen and oxygen atoms in total. The highest BCUT2D eigenvalue weighted by atomic mass is 14.9. The van der Waals surface area contributed by atoms with Gasteiger partial charge in [-0.2, -0.15) is 0 Å². The molecular weight excluding hydrogens is 174 g/mol. The van der Waals surface area contributed by atoms with Crippen molar-refractivity contribution in [2.75, 3.05) is 6.54 Å². The molecule has 0 spiro atoms. The topological polar surface area (TPSA) is 37.8 Å². The molecule has 1 atom stereocenters. The molecule has 3 heteroatoms. The third-order valence-electron chi connectivity index (χ3n) is 1.92. The maximum absolute atomic E-state index is 4.00. The Morgan fingerprint density at radius 3 is 2.71 bits per heavy atom. The van der Waals surface area contributed by atoms with Gasteiger partial charge >= 0.3 is 0 Å². The summed E-state index contributed by atoms with van der Waals surface area (Å²) in [6.07, 6.45) is 6.01. The van der Waals surface area contributed by atoms with E-state index in [0.29, 0.717) is 0 Å². The SMILES string of the molecule is CC#CCC(NCC)c1cncnc1. The van der Waals surface area contributed by atoms with Gasteiger partial charge in [-0.05, 0) is 13.5 Å². The largest absolute Gasteiger partial charge is 0.309 e. The molecule has 0 saturated carbocycles. The highest BCUT2D eigenvalue weighted by Crippen LogP contribution is 2.13. The van der Waals surface area contributed by atoms with Crippen molar-refractivity contribution in [3.8, 4) is 11.8 Å². The van der Waals surface area contributed by atoms with Crippen LogP contribution in [0, 0.1) is 11.8 Å². The first-order valence-electron chi connectivity index (χ1n) is 4.76. The van der Waals surface area contributed by atoms with Gasteiger partial charge in [0.25, 0.3) is 0 Å². The van der Waals surface area contributed by atoms with Gasteiger partial charge in [-0.15, -0.1) is 11.8 Å². The van der Waals surface area contributed by atoms with E-state index in [1.54, 1.807) is 0 Å². The van der Waals surface area contributed by atoms with Gasteiger partial charge in [0.1, 0.15) is 6.33 Å². The Balaban J connectivity index is 2.70. The molecule has 1 heterocycles. The summed E-state index contributed by atoms with van der Waals surface area (Å²) in [5, 5.41) is 3.35. The smallest absolute Gasteiger partial charge is 0.115 e. The third-order valence-corrected chi connectivity index (χ3v) is 1.92. The standard InChI is InChI=1S/C11H15N3/c1-3-5-6-11(14-4-2)10-7-12-9-13-8-10/h7-9,11,14H,4,6H2,1-2H3. The average molecular weight is 189 g/mol. The van der Waals surface area contributed by atoms with Crippen molar-refractivity contribution in [2.24, 2.45) is 0 Å². The summed E-state index contributed by atoms with van der Waals surface area (Å²) >= 11 is 0. The second kappa shape index (κ2) is 6.11. The Morgan fingerprint density at radius 1 is 1.43 bits per heavy atom. The molecule has 14 heavy (non-hydrogen) atoms. The van der Waals surface area contributed by atoms with Gasteiger partial charge in [0.15, 0.2) is 0 Å². The highest BCUT2D eigenvalue weighted by molar-refractivity contribution is 5.13. The van der Waals surface area contributed by atoms with Gasteiger partial charge in [-0.25, -0.2) is 9.97 Å². The molecule has 1 aromatic rings. The fourth-order valence-corrected chi connectivity index (χ4v) is 1.25. The molecular formula is C11H15N3. The summed E-state index contributed by atoms with van der Waals surface area (Å²) in [7, 11) is 0. The van der Waals surface area contributed by atoms with Crippen LogP contribution in [0.25, 0.3) is 0 Å². The van der Waals surface area contributed by atoms with Crippen LogP contribution in [0.1, 0.15) is 31.9 Å². The van der Waals surface area contributed by atoms with Crippen LogP contribution in [0.4, 0.5) is 0 Å². The van der Waals surface area contributed by atoms with Gasteiger partial charge in [-0.3, -0.25) is 0 Å². The molecule has 0 radical (unpaired) electrons. The summed E-state index contributed by atoms with van der Waals surface area (Å²) < 4.78 is 0. The number of hydrogen-bond donors (Lipinski definition) is 1. The van der Waals surface area contributed by atoms with Gasteiger partial charge in [-0.1, -0.05) is 6.92 Å². The van der Waals surface area contributed by atoms with E-state index in [0.717, 1.165) is 18.5 Å². The minimum absolute atomic E-state index is 0.244. The third kappa shape index (κ3) is 3.15. The van der Waals surface area contributed by atoms with Crippen LogP contribution in [0.15, 0.2) is 18.7 Å². The first kappa shape index (κ1) is 10.7. The van der Waals surface area contributed by atoms with Gasteiger partial charge in [0, 0.05) is 30.4 Å². The van der Waals surface area contributed by atoms with E-state index in [2.05, 4.69) is 34.0 Å². The Labute approximate surface area is 85.0 Å². The molecule has 0 aliphatic heterocycles. The first-order chi connectivity index (χ1) is 6.88. The van der Waals surface area contributed by atoms with Crippen molar-refractivity contribution in [3.63, 3.8) is 0 Å². The maximum atomic E-state index is 4.00. The van der Waals surface area contributed by atoms with Gasteiger partial charge in [0.2, 0.25) is 0 Å². The van der Waals surface area contributed by atoms with Crippen molar-refractivity contribution in [1.82, 2.24) is 15.3 Å². The fourth-order valence-electron chi connectivity index (χ4n) is 1.25. The van der Waals surface area contributed by atoms with Crippen LogP contribution in [0.2, 0.25) is 0 Å².